The van der Waals surface area contributed by atoms with Crippen molar-refractivity contribution < 1.29 is 9.59 Å². The van der Waals surface area contributed by atoms with E-state index < -0.39 is 6.04 Å². The molecule has 1 unspecified atom stereocenters. The summed E-state index contributed by atoms with van der Waals surface area (Å²) in [6.45, 7) is 2.65. The molecule has 1 aliphatic heterocycles. The Bertz CT molecular complexity index is 695. The zero-order valence-electron chi connectivity index (χ0n) is 13.2. The molecule has 4 nitrogen and oxygen atoms in total. The summed E-state index contributed by atoms with van der Waals surface area (Å²) >= 11 is 0. The quantitative estimate of drug-likeness (QED) is 0.943. The Morgan fingerprint density at radius 1 is 1.13 bits per heavy atom. The van der Waals surface area contributed by atoms with Crippen molar-refractivity contribution >= 4 is 17.5 Å². The number of nitrogens with one attached hydrogen (secondary N) is 1. The highest BCUT2D eigenvalue weighted by molar-refractivity contribution is 6.01. The van der Waals surface area contributed by atoms with Crippen molar-refractivity contribution in [3.63, 3.8) is 0 Å². The minimum atomic E-state index is -0.423. The molecule has 0 aromatic heterocycles. The third kappa shape index (κ3) is 3.59. The normalized spacial score (nSPS) is 17.3. The number of para-hydroxylation sites is 1. The van der Waals surface area contributed by atoms with Gasteiger partial charge in [-0.1, -0.05) is 48.0 Å². The molecule has 1 fully saturated rings. The Labute approximate surface area is 136 Å². The summed E-state index contributed by atoms with van der Waals surface area (Å²) in [7, 11) is 0. The molecule has 118 valence electrons. The lowest BCUT2D eigenvalue weighted by Gasteiger charge is -2.17. The van der Waals surface area contributed by atoms with E-state index in [1.54, 1.807) is 4.90 Å². The molecule has 2 aromatic rings. The maximum atomic E-state index is 12.4. The first kappa shape index (κ1) is 15.3. The molecular weight excluding hydrogens is 288 g/mol. The predicted octanol–water partition coefficient (Wildman–Crippen LogP) is 2.46. The van der Waals surface area contributed by atoms with E-state index >= 15 is 0 Å². The highest BCUT2D eigenvalue weighted by atomic mass is 16.2. The van der Waals surface area contributed by atoms with Crippen molar-refractivity contribution in [3.05, 3.63) is 65.7 Å². The van der Waals surface area contributed by atoms with Crippen molar-refractivity contribution in [2.45, 2.75) is 25.8 Å². The fraction of sp³-hybridized carbons (Fsp3) is 0.263. The average Bonchev–Trinajstić information content (AvgIpc) is 2.91. The van der Waals surface area contributed by atoms with Gasteiger partial charge in [-0.2, -0.15) is 0 Å². The molecule has 0 saturated carbocycles. The van der Waals surface area contributed by atoms with Crippen LogP contribution in [0.5, 0.6) is 0 Å². The van der Waals surface area contributed by atoms with Crippen molar-refractivity contribution in [1.29, 1.82) is 0 Å². The van der Waals surface area contributed by atoms with Crippen LogP contribution in [-0.4, -0.2) is 24.4 Å². The molecule has 1 atom stereocenters. The number of nitrogens with zero attached hydrogens (tertiary/aromatic N) is 1. The summed E-state index contributed by atoms with van der Waals surface area (Å²) in [6.07, 6.45) is 0.947. The number of amides is 2. The molecule has 23 heavy (non-hydrogen) atoms. The molecule has 2 amide bonds. The molecule has 1 heterocycles. The predicted molar refractivity (Wildman–Crippen MR) is 90.2 cm³/mol. The lowest BCUT2D eigenvalue weighted by molar-refractivity contribution is -0.126. The van der Waals surface area contributed by atoms with Crippen LogP contribution in [0.25, 0.3) is 0 Å². The summed E-state index contributed by atoms with van der Waals surface area (Å²) in [4.78, 5) is 26.3. The van der Waals surface area contributed by atoms with Crippen LogP contribution in [0.1, 0.15) is 17.5 Å². The zero-order valence-corrected chi connectivity index (χ0v) is 13.2. The molecule has 2 aromatic carbocycles. The third-order valence-electron chi connectivity index (χ3n) is 4.09. The molecular formula is C19H20N2O2. The molecule has 0 aliphatic carbocycles. The van der Waals surface area contributed by atoms with Gasteiger partial charge in [0.1, 0.15) is 6.04 Å². The van der Waals surface area contributed by atoms with Gasteiger partial charge >= 0.3 is 0 Å². The molecule has 4 heteroatoms. The summed E-state index contributed by atoms with van der Waals surface area (Å²) in [5, 5.41) is 2.86. The number of aryl methyl sites for hydroxylation is 1. The Balaban J connectivity index is 1.59. The number of rotatable bonds is 4. The van der Waals surface area contributed by atoms with E-state index in [0.29, 0.717) is 19.4 Å². The van der Waals surface area contributed by atoms with Gasteiger partial charge in [-0.25, -0.2) is 0 Å². The lowest BCUT2D eigenvalue weighted by atomic mass is 10.1. The topological polar surface area (TPSA) is 49.4 Å². The van der Waals surface area contributed by atoms with Gasteiger partial charge < -0.3 is 10.2 Å². The van der Waals surface area contributed by atoms with Gasteiger partial charge in [-0.05, 0) is 31.0 Å². The molecule has 0 spiro atoms. The standard InChI is InChI=1S/C19H20N2O2/c1-14-7-9-15(10-8-14)13-18(22)20-17-11-12-21(19(17)23)16-5-3-2-4-6-16/h2-10,17H,11-13H2,1H3,(H,20,22). The maximum Gasteiger partial charge on any atom is 0.249 e. The van der Waals surface area contributed by atoms with Crippen LogP contribution in [0.3, 0.4) is 0 Å². The number of benzene rings is 2. The van der Waals surface area contributed by atoms with Gasteiger partial charge in [0, 0.05) is 12.2 Å². The lowest BCUT2D eigenvalue weighted by Crippen LogP contribution is -2.42. The third-order valence-corrected chi connectivity index (χ3v) is 4.09. The van der Waals surface area contributed by atoms with Gasteiger partial charge in [0.25, 0.3) is 0 Å². The number of hydrogen-bond donors (Lipinski definition) is 1. The number of anilines is 1. The van der Waals surface area contributed by atoms with Crippen LogP contribution in [0.2, 0.25) is 0 Å². The summed E-state index contributed by atoms with van der Waals surface area (Å²) < 4.78 is 0. The first-order valence-electron chi connectivity index (χ1n) is 7.85. The number of carbonyl (C=O) groups is 2. The Kier molecular flexibility index (Phi) is 4.42. The highest BCUT2D eigenvalue weighted by Gasteiger charge is 2.33. The van der Waals surface area contributed by atoms with Gasteiger partial charge in [0.05, 0.1) is 6.42 Å². The second kappa shape index (κ2) is 6.65. The van der Waals surface area contributed by atoms with Gasteiger partial charge in [-0.3, -0.25) is 9.59 Å². The summed E-state index contributed by atoms with van der Waals surface area (Å²) in [5.41, 5.74) is 3.00. The van der Waals surface area contributed by atoms with Crippen molar-refractivity contribution in [3.8, 4) is 0 Å². The van der Waals surface area contributed by atoms with E-state index in [0.717, 1.165) is 11.3 Å². The fourth-order valence-corrected chi connectivity index (χ4v) is 2.81. The Hall–Kier alpha value is -2.62. The molecule has 3 rings (SSSR count). The van der Waals surface area contributed by atoms with Crippen LogP contribution < -0.4 is 10.2 Å². The zero-order chi connectivity index (χ0) is 16.2. The van der Waals surface area contributed by atoms with Gasteiger partial charge in [0.15, 0.2) is 0 Å². The Morgan fingerprint density at radius 2 is 1.83 bits per heavy atom. The maximum absolute atomic E-state index is 12.4. The van der Waals surface area contributed by atoms with Crippen LogP contribution >= 0.6 is 0 Å². The van der Waals surface area contributed by atoms with Crippen LogP contribution in [0.4, 0.5) is 5.69 Å². The monoisotopic (exact) mass is 308 g/mol. The fourth-order valence-electron chi connectivity index (χ4n) is 2.81. The second-order valence-corrected chi connectivity index (χ2v) is 5.90. The Morgan fingerprint density at radius 3 is 2.52 bits per heavy atom. The van der Waals surface area contributed by atoms with E-state index in [4.69, 9.17) is 0 Å². The van der Waals surface area contributed by atoms with Crippen molar-refractivity contribution in [2.24, 2.45) is 0 Å². The molecule has 0 bridgehead atoms. The van der Waals surface area contributed by atoms with E-state index in [-0.39, 0.29) is 11.8 Å². The largest absolute Gasteiger partial charge is 0.344 e. The van der Waals surface area contributed by atoms with Crippen molar-refractivity contribution in [2.75, 3.05) is 11.4 Å². The number of carbonyl (C=O) groups excluding carboxylic acids is 2. The first-order valence-corrected chi connectivity index (χ1v) is 7.85. The average molecular weight is 308 g/mol. The van der Waals surface area contributed by atoms with E-state index in [9.17, 15) is 9.59 Å². The van der Waals surface area contributed by atoms with E-state index in [2.05, 4.69) is 5.32 Å². The molecule has 1 aliphatic rings. The minimum Gasteiger partial charge on any atom is -0.344 e. The smallest absolute Gasteiger partial charge is 0.249 e. The summed E-state index contributed by atoms with van der Waals surface area (Å²) in [6, 6.07) is 17.0. The van der Waals surface area contributed by atoms with Crippen LogP contribution in [-0.2, 0) is 16.0 Å². The van der Waals surface area contributed by atoms with E-state index in [1.807, 2.05) is 61.5 Å². The first-order chi connectivity index (χ1) is 11.1. The van der Waals surface area contributed by atoms with Gasteiger partial charge in [-0.15, -0.1) is 0 Å². The van der Waals surface area contributed by atoms with Gasteiger partial charge in [0.2, 0.25) is 11.8 Å². The van der Waals surface area contributed by atoms with Crippen molar-refractivity contribution in [1.82, 2.24) is 5.32 Å². The minimum absolute atomic E-state index is 0.0338. The summed E-state index contributed by atoms with van der Waals surface area (Å²) in [5.74, 6) is -0.143. The SMILES string of the molecule is Cc1ccc(CC(=O)NC2CCN(c3ccccc3)C2=O)cc1. The molecule has 1 N–H and O–H groups in total. The molecule has 0 radical (unpaired) electrons. The van der Waals surface area contributed by atoms with Crippen LogP contribution in [0.15, 0.2) is 54.6 Å². The highest BCUT2D eigenvalue weighted by Crippen LogP contribution is 2.21. The second-order valence-electron chi connectivity index (χ2n) is 5.90. The number of hydrogen-bond acceptors (Lipinski definition) is 2. The van der Waals surface area contributed by atoms with E-state index in [1.165, 1.54) is 5.56 Å². The molecule has 1 saturated heterocycles. The van der Waals surface area contributed by atoms with Crippen LogP contribution in [0, 0.1) is 6.92 Å².